The molecule has 1 saturated carbocycles. The van der Waals surface area contributed by atoms with Crippen LogP contribution in [0.2, 0.25) is 5.02 Å². The van der Waals surface area contributed by atoms with Crippen molar-refractivity contribution in [1.82, 2.24) is 35.8 Å². The molecule has 37 heavy (non-hydrogen) atoms. The summed E-state index contributed by atoms with van der Waals surface area (Å²) in [5.41, 5.74) is 7.61. The molecule has 4 rings (SSSR count). The molecule has 4 N–H and O–H groups in total. The van der Waals surface area contributed by atoms with E-state index in [1.54, 1.807) is 29.9 Å². The van der Waals surface area contributed by atoms with Crippen LogP contribution in [0.25, 0.3) is 11.4 Å². The maximum absolute atomic E-state index is 13.4. The number of rotatable bonds is 9. The molecule has 196 valence electrons. The molecule has 2 heterocycles. The molecule has 0 unspecified atom stereocenters. The number of pyridine rings is 1. The van der Waals surface area contributed by atoms with Gasteiger partial charge in [0.05, 0.1) is 11.6 Å². The van der Waals surface area contributed by atoms with E-state index in [9.17, 15) is 14.0 Å². The SMILES string of the molecule is Cc1cc(-c2nnn(C[C@H]3CC[C@H](NC(=O)CCN)CC3)n2)cc(C(=O)NCc2ccc(F)c(Cl)c2)n1. The van der Waals surface area contributed by atoms with Crippen LogP contribution >= 0.6 is 11.6 Å². The van der Waals surface area contributed by atoms with E-state index in [4.69, 9.17) is 17.3 Å². The standard InChI is InChI=1S/C25H30ClFN8O2/c1-15-10-18(12-22(30-15)25(37)29-13-17-4-7-21(27)20(26)11-17)24-32-34-35(33-24)14-16-2-5-19(6-3-16)31-23(36)8-9-28/h4,7,10-12,16,19H,2-3,5-6,8-9,13-14,28H2,1H3,(H,29,37)(H,31,36)/t16-,19-. The van der Waals surface area contributed by atoms with Gasteiger partial charge in [0.1, 0.15) is 11.5 Å². The van der Waals surface area contributed by atoms with Crippen molar-refractivity contribution in [2.45, 2.75) is 58.2 Å². The first-order valence-electron chi connectivity index (χ1n) is 12.3. The highest BCUT2D eigenvalue weighted by Gasteiger charge is 2.23. The second kappa shape index (κ2) is 12.2. The summed E-state index contributed by atoms with van der Waals surface area (Å²) in [6.45, 7) is 2.95. The van der Waals surface area contributed by atoms with Crippen molar-refractivity contribution in [2.24, 2.45) is 11.7 Å². The average Bonchev–Trinajstić information content (AvgIpc) is 3.34. The zero-order chi connectivity index (χ0) is 26.4. The molecule has 1 aliphatic carbocycles. The Hall–Kier alpha value is -3.44. The number of nitrogens with two attached hydrogens (primary N) is 1. The van der Waals surface area contributed by atoms with Gasteiger partial charge in [0.2, 0.25) is 11.7 Å². The lowest BCUT2D eigenvalue weighted by Gasteiger charge is -2.28. The Morgan fingerprint density at radius 2 is 1.97 bits per heavy atom. The minimum Gasteiger partial charge on any atom is -0.353 e. The molecule has 0 spiro atoms. The number of tetrazole rings is 1. The summed E-state index contributed by atoms with van der Waals surface area (Å²) in [6, 6.07) is 7.90. The lowest BCUT2D eigenvalue weighted by atomic mass is 9.86. The van der Waals surface area contributed by atoms with E-state index in [1.807, 2.05) is 0 Å². The zero-order valence-electron chi connectivity index (χ0n) is 20.6. The number of carbonyl (C=O) groups is 2. The smallest absolute Gasteiger partial charge is 0.270 e. The van der Waals surface area contributed by atoms with Gasteiger partial charge in [-0.05, 0) is 73.6 Å². The van der Waals surface area contributed by atoms with Gasteiger partial charge in [-0.1, -0.05) is 17.7 Å². The highest BCUT2D eigenvalue weighted by molar-refractivity contribution is 6.30. The third-order valence-corrected chi connectivity index (χ3v) is 6.63. The number of nitrogens with zero attached hydrogens (tertiary/aromatic N) is 5. The Bertz CT molecular complexity index is 1260. The average molecular weight is 529 g/mol. The number of aryl methyl sites for hydroxylation is 1. The summed E-state index contributed by atoms with van der Waals surface area (Å²) in [5, 5.41) is 18.7. The number of benzene rings is 1. The molecule has 10 nitrogen and oxygen atoms in total. The summed E-state index contributed by atoms with van der Waals surface area (Å²) in [6.07, 6.45) is 4.10. The first kappa shape index (κ1) is 26.6. The molecule has 0 atom stereocenters. The molecule has 0 aliphatic heterocycles. The molecule has 2 aromatic heterocycles. The Balaban J connectivity index is 1.34. The fourth-order valence-corrected chi connectivity index (χ4v) is 4.63. The van der Waals surface area contributed by atoms with Crippen molar-refractivity contribution in [3.05, 3.63) is 58.1 Å². The number of halogens is 2. The first-order chi connectivity index (χ1) is 17.8. The van der Waals surface area contributed by atoms with Crippen LogP contribution in [-0.2, 0) is 17.9 Å². The second-order valence-electron chi connectivity index (χ2n) is 9.31. The van der Waals surface area contributed by atoms with E-state index in [1.165, 1.54) is 12.1 Å². The fourth-order valence-electron chi connectivity index (χ4n) is 4.42. The van der Waals surface area contributed by atoms with Crippen LogP contribution in [0.15, 0.2) is 30.3 Å². The molecular formula is C25H30ClFN8O2. The molecule has 0 saturated heterocycles. The normalized spacial score (nSPS) is 17.4. The van der Waals surface area contributed by atoms with Crippen LogP contribution in [0.5, 0.6) is 0 Å². The minimum absolute atomic E-state index is 0.000741. The van der Waals surface area contributed by atoms with Gasteiger partial charge in [-0.25, -0.2) is 9.37 Å². The topological polar surface area (TPSA) is 141 Å². The quantitative estimate of drug-likeness (QED) is 0.388. The van der Waals surface area contributed by atoms with Crippen molar-refractivity contribution in [3.8, 4) is 11.4 Å². The second-order valence-corrected chi connectivity index (χ2v) is 9.71. The minimum atomic E-state index is -0.512. The van der Waals surface area contributed by atoms with Crippen molar-refractivity contribution in [3.63, 3.8) is 0 Å². The molecule has 12 heteroatoms. The van der Waals surface area contributed by atoms with Gasteiger partial charge >= 0.3 is 0 Å². The Morgan fingerprint density at radius 1 is 1.19 bits per heavy atom. The zero-order valence-corrected chi connectivity index (χ0v) is 21.3. The van der Waals surface area contributed by atoms with Crippen molar-refractivity contribution >= 4 is 23.4 Å². The number of hydrogen-bond donors (Lipinski definition) is 3. The molecule has 3 aromatic rings. The van der Waals surface area contributed by atoms with E-state index < -0.39 is 5.82 Å². The first-order valence-corrected chi connectivity index (χ1v) is 12.7. The summed E-state index contributed by atoms with van der Waals surface area (Å²) < 4.78 is 13.4. The molecular weight excluding hydrogens is 499 g/mol. The lowest BCUT2D eigenvalue weighted by Crippen LogP contribution is -2.38. The predicted octanol–water partition coefficient (Wildman–Crippen LogP) is 2.79. The van der Waals surface area contributed by atoms with Crippen molar-refractivity contribution in [2.75, 3.05) is 6.54 Å². The maximum atomic E-state index is 13.4. The summed E-state index contributed by atoms with van der Waals surface area (Å²) in [5.74, 6) is -0.0817. The molecule has 2 amide bonds. The molecule has 1 fully saturated rings. The summed E-state index contributed by atoms with van der Waals surface area (Å²) >= 11 is 5.81. The van der Waals surface area contributed by atoms with Crippen LogP contribution in [0.1, 0.15) is 53.8 Å². The van der Waals surface area contributed by atoms with Gasteiger partial charge < -0.3 is 16.4 Å². The Labute approximate surface area is 219 Å². The summed E-state index contributed by atoms with van der Waals surface area (Å²) in [7, 11) is 0. The van der Waals surface area contributed by atoms with Crippen molar-refractivity contribution in [1.29, 1.82) is 0 Å². The maximum Gasteiger partial charge on any atom is 0.270 e. The Kier molecular flexibility index (Phi) is 8.78. The van der Waals surface area contributed by atoms with E-state index in [0.717, 1.165) is 25.7 Å². The Morgan fingerprint density at radius 3 is 2.70 bits per heavy atom. The fraction of sp³-hybridized carbons (Fsp3) is 0.440. The van der Waals surface area contributed by atoms with Crippen LogP contribution < -0.4 is 16.4 Å². The van der Waals surface area contributed by atoms with Crippen LogP contribution in [0, 0.1) is 18.7 Å². The van der Waals surface area contributed by atoms with E-state index in [2.05, 4.69) is 31.0 Å². The number of nitrogens with one attached hydrogen (secondary N) is 2. The third kappa shape index (κ3) is 7.30. The molecule has 1 aliphatic rings. The van der Waals surface area contributed by atoms with Gasteiger partial charge in [-0.2, -0.15) is 4.80 Å². The van der Waals surface area contributed by atoms with Crippen LogP contribution in [0.3, 0.4) is 0 Å². The highest BCUT2D eigenvalue weighted by atomic mass is 35.5. The van der Waals surface area contributed by atoms with Gasteiger partial charge in [0.15, 0.2) is 0 Å². The number of aromatic nitrogens is 5. The monoisotopic (exact) mass is 528 g/mol. The number of carbonyl (C=O) groups excluding carboxylic acids is 2. The van der Waals surface area contributed by atoms with E-state index >= 15 is 0 Å². The van der Waals surface area contributed by atoms with Gasteiger partial charge in [-0.3, -0.25) is 9.59 Å². The van der Waals surface area contributed by atoms with Crippen molar-refractivity contribution < 1.29 is 14.0 Å². The lowest BCUT2D eigenvalue weighted by molar-refractivity contribution is -0.121. The largest absolute Gasteiger partial charge is 0.353 e. The van der Waals surface area contributed by atoms with Crippen LogP contribution in [0.4, 0.5) is 4.39 Å². The number of amides is 2. The molecule has 0 bridgehead atoms. The van der Waals surface area contributed by atoms with E-state index in [0.29, 0.717) is 48.1 Å². The predicted molar refractivity (Wildman–Crippen MR) is 136 cm³/mol. The van der Waals surface area contributed by atoms with Gasteiger partial charge in [0.25, 0.3) is 5.91 Å². The summed E-state index contributed by atoms with van der Waals surface area (Å²) in [4.78, 5) is 30.4. The molecule has 0 radical (unpaired) electrons. The number of hydrogen-bond acceptors (Lipinski definition) is 7. The molecule has 1 aromatic carbocycles. The van der Waals surface area contributed by atoms with Gasteiger partial charge in [0, 0.05) is 36.8 Å². The highest BCUT2D eigenvalue weighted by Crippen LogP contribution is 2.26. The third-order valence-electron chi connectivity index (χ3n) is 6.34. The van der Waals surface area contributed by atoms with Gasteiger partial charge in [-0.15, -0.1) is 10.2 Å². The van der Waals surface area contributed by atoms with E-state index in [-0.39, 0.29) is 35.1 Å². The van der Waals surface area contributed by atoms with Crippen LogP contribution in [-0.4, -0.2) is 49.6 Å².